The van der Waals surface area contributed by atoms with Gasteiger partial charge in [0.05, 0.1) is 19.8 Å². The van der Waals surface area contributed by atoms with Crippen LogP contribution in [0.2, 0.25) is 0 Å². The van der Waals surface area contributed by atoms with Crippen molar-refractivity contribution < 1.29 is 13.9 Å². The summed E-state index contributed by atoms with van der Waals surface area (Å²) in [5, 5.41) is 0. The maximum atomic E-state index is 12.8. The van der Waals surface area contributed by atoms with Crippen LogP contribution in [0.3, 0.4) is 0 Å². The van der Waals surface area contributed by atoms with Crippen molar-refractivity contribution in [1.82, 2.24) is 14.7 Å². The van der Waals surface area contributed by atoms with E-state index in [1.165, 1.54) is 32.2 Å². The fourth-order valence-electron chi connectivity index (χ4n) is 4.69. The largest absolute Gasteiger partial charge is 0.455 e. The zero-order valence-corrected chi connectivity index (χ0v) is 17.1. The first-order chi connectivity index (χ1) is 13.8. The smallest absolute Gasteiger partial charge is 0.289 e. The number of morpholine rings is 1. The van der Waals surface area contributed by atoms with E-state index >= 15 is 0 Å². The second kappa shape index (κ2) is 9.90. The van der Waals surface area contributed by atoms with Crippen molar-refractivity contribution in [3.8, 4) is 0 Å². The minimum Gasteiger partial charge on any atom is -0.455 e. The summed E-state index contributed by atoms with van der Waals surface area (Å²) in [6, 6.07) is 3.85. The molecule has 1 amide bonds. The SMILES string of the molecule is O=C(c1ccc(CN2CCCCC2)o1)N1CCC(CCN2CCOCC2)CC1. The summed E-state index contributed by atoms with van der Waals surface area (Å²) < 4.78 is 11.3. The van der Waals surface area contributed by atoms with Crippen LogP contribution in [-0.4, -0.2) is 79.6 Å². The summed E-state index contributed by atoms with van der Waals surface area (Å²) in [6.07, 6.45) is 7.33. The van der Waals surface area contributed by atoms with Crippen molar-refractivity contribution in [2.24, 2.45) is 5.92 Å². The Morgan fingerprint density at radius 3 is 2.43 bits per heavy atom. The molecule has 6 nitrogen and oxygen atoms in total. The number of ether oxygens (including phenoxy) is 1. The second-order valence-electron chi connectivity index (χ2n) is 8.58. The van der Waals surface area contributed by atoms with E-state index in [-0.39, 0.29) is 5.91 Å². The lowest BCUT2D eigenvalue weighted by Crippen LogP contribution is -2.40. The molecule has 4 heterocycles. The third-order valence-electron chi connectivity index (χ3n) is 6.56. The molecular formula is C22H35N3O3. The Morgan fingerprint density at radius 2 is 1.68 bits per heavy atom. The number of likely N-dealkylation sites (tertiary alicyclic amines) is 2. The number of hydrogen-bond acceptors (Lipinski definition) is 5. The molecule has 3 fully saturated rings. The van der Waals surface area contributed by atoms with Crippen LogP contribution in [0.4, 0.5) is 0 Å². The Hall–Kier alpha value is -1.37. The molecule has 3 saturated heterocycles. The Labute approximate surface area is 168 Å². The third kappa shape index (κ3) is 5.37. The van der Waals surface area contributed by atoms with Gasteiger partial charge in [0, 0.05) is 26.2 Å². The predicted octanol–water partition coefficient (Wildman–Crippen LogP) is 2.84. The summed E-state index contributed by atoms with van der Waals surface area (Å²) in [7, 11) is 0. The molecule has 0 aliphatic carbocycles. The first-order valence-electron chi connectivity index (χ1n) is 11.2. The Kier molecular flexibility index (Phi) is 7.04. The summed E-state index contributed by atoms with van der Waals surface area (Å²) in [5.74, 6) is 2.24. The van der Waals surface area contributed by atoms with Crippen LogP contribution in [0.1, 0.15) is 54.8 Å². The predicted molar refractivity (Wildman–Crippen MR) is 108 cm³/mol. The fourth-order valence-corrected chi connectivity index (χ4v) is 4.69. The molecule has 1 aromatic heterocycles. The monoisotopic (exact) mass is 389 g/mol. The molecule has 28 heavy (non-hydrogen) atoms. The summed E-state index contributed by atoms with van der Waals surface area (Å²) in [6.45, 7) is 9.86. The van der Waals surface area contributed by atoms with Crippen molar-refractivity contribution in [2.75, 3.05) is 59.0 Å². The normalized spacial score (nSPS) is 23.2. The lowest BCUT2D eigenvalue weighted by molar-refractivity contribution is 0.0330. The molecule has 0 N–H and O–H groups in total. The van der Waals surface area contributed by atoms with Gasteiger partial charge in [-0.25, -0.2) is 0 Å². The van der Waals surface area contributed by atoms with Gasteiger partial charge in [0.15, 0.2) is 5.76 Å². The maximum Gasteiger partial charge on any atom is 0.289 e. The molecule has 0 unspecified atom stereocenters. The molecule has 156 valence electrons. The molecule has 0 bridgehead atoms. The Balaban J connectivity index is 1.20. The van der Waals surface area contributed by atoms with Crippen LogP contribution in [-0.2, 0) is 11.3 Å². The van der Waals surface area contributed by atoms with Gasteiger partial charge in [-0.2, -0.15) is 0 Å². The zero-order chi connectivity index (χ0) is 19.2. The lowest BCUT2D eigenvalue weighted by atomic mass is 9.93. The number of amides is 1. The number of carbonyl (C=O) groups is 1. The molecule has 0 saturated carbocycles. The topological polar surface area (TPSA) is 49.2 Å². The Bertz CT molecular complexity index is 612. The van der Waals surface area contributed by atoms with Crippen LogP contribution < -0.4 is 0 Å². The van der Waals surface area contributed by atoms with Gasteiger partial charge >= 0.3 is 0 Å². The van der Waals surface area contributed by atoms with Crippen molar-refractivity contribution in [3.63, 3.8) is 0 Å². The van der Waals surface area contributed by atoms with E-state index < -0.39 is 0 Å². The molecule has 0 spiro atoms. The van der Waals surface area contributed by atoms with E-state index in [1.807, 2.05) is 17.0 Å². The van der Waals surface area contributed by atoms with Crippen molar-refractivity contribution in [2.45, 2.75) is 45.1 Å². The van der Waals surface area contributed by atoms with Crippen LogP contribution >= 0.6 is 0 Å². The molecule has 3 aliphatic rings. The molecule has 1 aromatic rings. The van der Waals surface area contributed by atoms with E-state index in [1.54, 1.807) is 0 Å². The average Bonchev–Trinajstić information content (AvgIpc) is 3.22. The van der Waals surface area contributed by atoms with Crippen LogP contribution in [0.15, 0.2) is 16.5 Å². The van der Waals surface area contributed by atoms with Gasteiger partial charge in [0.25, 0.3) is 5.91 Å². The number of hydrogen-bond donors (Lipinski definition) is 0. The molecule has 0 aromatic carbocycles. The zero-order valence-electron chi connectivity index (χ0n) is 17.1. The lowest BCUT2D eigenvalue weighted by Gasteiger charge is -2.33. The van der Waals surface area contributed by atoms with Crippen LogP contribution in [0.5, 0.6) is 0 Å². The van der Waals surface area contributed by atoms with Gasteiger partial charge in [0.2, 0.25) is 0 Å². The van der Waals surface area contributed by atoms with E-state index in [9.17, 15) is 4.79 Å². The number of rotatable bonds is 6. The minimum atomic E-state index is 0.0662. The first-order valence-corrected chi connectivity index (χ1v) is 11.2. The summed E-state index contributed by atoms with van der Waals surface area (Å²) in [5.41, 5.74) is 0. The second-order valence-corrected chi connectivity index (χ2v) is 8.58. The number of piperidine rings is 2. The van der Waals surface area contributed by atoms with Gasteiger partial charge in [-0.1, -0.05) is 6.42 Å². The van der Waals surface area contributed by atoms with Gasteiger partial charge in [-0.05, 0) is 69.8 Å². The summed E-state index contributed by atoms with van der Waals surface area (Å²) >= 11 is 0. The third-order valence-corrected chi connectivity index (χ3v) is 6.56. The molecule has 3 aliphatic heterocycles. The maximum absolute atomic E-state index is 12.8. The highest BCUT2D eigenvalue weighted by Gasteiger charge is 2.26. The van der Waals surface area contributed by atoms with Crippen molar-refractivity contribution in [3.05, 3.63) is 23.7 Å². The van der Waals surface area contributed by atoms with E-state index in [4.69, 9.17) is 9.15 Å². The first kappa shape index (κ1) is 19.9. The fraction of sp³-hybridized carbons (Fsp3) is 0.773. The Morgan fingerprint density at radius 1 is 0.929 bits per heavy atom. The molecule has 0 atom stereocenters. The highest BCUT2D eigenvalue weighted by Crippen LogP contribution is 2.23. The van der Waals surface area contributed by atoms with E-state index in [0.717, 1.165) is 83.5 Å². The van der Waals surface area contributed by atoms with Crippen LogP contribution in [0.25, 0.3) is 0 Å². The molecule has 6 heteroatoms. The minimum absolute atomic E-state index is 0.0662. The van der Waals surface area contributed by atoms with Crippen molar-refractivity contribution in [1.29, 1.82) is 0 Å². The quantitative estimate of drug-likeness (QED) is 0.749. The van der Waals surface area contributed by atoms with Gasteiger partial charge in [-0.15, -0.1) is 0 Å². The number of carbonyl (C=O) groups excluding carboxylic acids is 1. The highest BCUT2D eigenvalue weighted by atomic mass is 16.5. The number of furan rings is 1. The van der Waals surface area contributed by atoms with Gasteiger partial charge in [0.1, 0.15) is 5.76 Å². The highest BCUT2D eigenvalue weighted by molar-refractivity contribution is 5.91. The van der Waals surface area contributed by atoms with E-state index in [2.05, 4.69) is 9.80 Å². The number of nitrogens with zero attached hydrogens (tertiary/aromatic N) is 3. The van der Waals surface area contributed by atoms with Crippen molar-refractivity contribution >= 4 is 5.91 Å². The molecule has 0 radical (unpaired) electrons. The van der Waals surface area contributed by atoms with Crippen LogP contribution in [0, 0.1) is 5.92 Å². The molecular weight excluding hydrogens is 354 g/mol. The standard InChI is InChI=1S/C22H35N3O3/c26-22(21-5-4-20(28-21)18-24-9-2-1-3-10-24)25-12-7-19(8-13-25)6-11-23-14-16-27-17-15-23/h4-5,19H,1-3,6-18H2. The molecule has 4 rings (SSSR count). The van der Waals surface area contributed by atoms with E-state index in [0.29, 0.717) is 5.76 Å². The summed E-state index contributed by atoms with van der Waals surface area (Å²) in [4.78, 5) is 19.7. The van der Waals surface area contributed by atoms with Gasteiger partial charge in [-0.3, -0.25) is 14.6 Å². The average molecular weight is 390 g/mol. The van der Waals surface area contributed by atoms with Gasteiger partial charge < -0.3 is 14.1 Å².